The van der Waals surface area contributed by atoms with E-state index in [-0.39, 0.29) is 11.8 Å². The molecule has 0 aromatic carbocycles. The number of hydrogen-bond acceptors (Lipinski definition) is 3. The van der Waals surface area contributed by atoms with Crippen LogP contribution >= 0.6 is 0 Å². The molecule has 2 rings (SSSR count). The molecule has 0 aliphatic heterocycles. The van der Waals surface area contributed by atoms with Crippen LogP contribution in [0.3, 0.4) is 0 Å². The van der Waals surface area contributed by atoms with Gasteiger partial charge in [0.15, 0.2) is 5.69 Å². The van der Waals surface area contributed by atoms with Crippen molar-refractivity contribution >= 4 is 5.97 Å². The first kappa shape index (κ1) is 11.9. The SMILES string of the molecule is O=C(O)c1cccc(OC2CCCCCC2)n1. The number of aromatic carboxylic acids is 1. The second-order valence-corrected chi connectivity index (χ2v) is 4.40. The van der Waals surface area contributed by atoms with Crippen LogP contribution in [-0.4, -0.2) is 22.2 Å². The lowest BCUT2D eigenvalue weighted by molar-refractivity contribution is 0.0687. The number of hydrogen-bond donors (Lipinski definition) is 1. The van der Waals surface area contributed by atoms with Gasteiger partial charge in [0.2, 0.25) is 5.88 Å². The largest absolute Gasteiger partial charge is 0.477 e. The molecule has 1 saturated carbocycles. The smallest absolute Gasteiger partial charge is 0.354 e. The number of aromatic nitrogens is 1. The molecule has 4 nitrogen and oxygen atoms in total. The molecule has 1 fully saturated rings. The summed E-state index contributed by atoms with van der Waals surface area (Å²) in [6.07, 6.45) is 7.17. The van der Waals surface area contributed by atoms with Crippen molar-refractivity contribution in [2.75, 3.05) is 0 Å². The van der Waals surface area contributed by atoms with E-state index in [0.717, 1.165) is 12.8 Å². The van der Waals surface area contributed by atoms with Gasteiger partial charge in [0.05, 0.1) is 0 Å². The number of nitrogens with zero attached hydrogens (tertiary/aromatic N) is 1. The molecule has 1 aliphatic carbocycles. The van der Waals surface area contributed by atoms with Crippen LogP contribution in [-0.2, 0) is 0 Å². The zero-order valence-corrected chi connectivity index (χ0v) is 9.76. The minimum Gasteiger partial charge on any atom is -0.477 e. The predicted molar refractivity (Wildman–Crippen MR) is 63.3 cm³/mol. The van der Waals surface area contributed by atoms with E-state index in [4.69, 9.17) is 9.84 Å². The van der Waals surface area contributed by atoms with Crippen molar-refractivity contribution in [3.8, 4) is 5.88 Å². The summed E-state index contributed by atoms with van der Waals surface area (Å²) in [6.45, 7) is 0. The number of carboxylic acid groups (broad SMARTS) is 1. The second-order valence-electron chi connectivity index (χ2n) is 4.40. The summed E-state index contributed by atoms with van der Waals surface area (Å²) < 4.78 is 5.75. The number of carboxylic acids is 1. The summed E-state index contributed by atoms with van der Waals surface area (Å²) in [7, 11) is 0. The van der Waals surface area contributed by atoms with Gasteiger partial charge in [-0.25, -0.2) is 9.78 Å². The first-order valence-corrected chi connectivity index (χ1v) is 6.13. The van der Waals surface area contributed by atoms with Crippen molar-refractivity contribution < 1.29 is 14.6 Å². The van der Waals surface area contributed by atoms with E-state index in [1.165, 1.54) is 31.7 Å². The molecule has 0 atom stereocenters. The number of rotatable bonds is 3. The maximum Gasteiger partial charge on any atom is 0.354 e. The monoisotopic (exact) mass is 235 g/mol. The summed E-state index contributed by atoms with van der Waals surface area (Å²) in [5, 5.41) is 8.84. The molecule has 1 aromatic heterocycles. The Bertz CT molecular complexity index is 384. The fourth-order valence-corrected chi connectivity index (χ4v) is 2.13. The summed E-state index contributed by atoms with van der Waals surface area (Å²) in [5.74, 6) is -0.590. The Labute approximate surface area is 101 Å². The Morgan fingerprint density at radius 3 is 2.59 bits per heavy atom. The number of ether oxygens (including phenoxy) is 1. The molecule has 17 heavy (non-hydrogen) atoms. The van der Waals surface area contributed by atoms with Crippen LogP contribution in [0.4, 0.5) is 0 Å². The van der Waals surface area contributed by atoms with Crippen LogP contribution in [0.2, 0.25) is 0 Å². The quantitative estimate of drug-likeness (QED) is 0.818. The highest BCUT2D eigenvalue weighted by atomic mass is 16.5. The third-order valence-corrected chi connectivity index (χ3v) is 3.03. The van der Waals surface area contributed by atoms with Gasteiger partial charge >= 0.3 is 5.97 Å². The second kappa shape index (κ2) is 5.66. The Kier molecular flexibility index (Phi) is 3.96. The molecule has 92 valence electrons. The normalized spacial score (nSPS) is 17.4. The van der Waals surface area contributed by atoms with Gasteiger partial charge in [-0.2, -0.15) is 0 Å². The molecule has 0 saturated heterocycles. The Hall–Kier alpha value is -1.58. The van der Waals surface area contributed by atoms with E-state index in [1.807, 2.05) is 0 Å². The fourth-order valence-electron chi connectivity index (χ4n) is 2.13. The van der Waals surface area contributed by atoms with Crippen molar-refractivity contribution in [2.45, 2.75) is 44.6 Å². The molecule has 1 N–H and O–H groups in total. The van der Waals surface area contributed by atoms with Crippen molar-refractivity contribution in [1.82, 2.24) is 4.98 Å². The molecule has 1 aliphatic rings. The third kappa shape index (κ3) is 3.44. The lowest BCUT2D eigenvalue weighted by Crippen LogP contribution is -2.16. The topological polar surface area (TPSA) is 59.4 Å². The van der Waals surface area contributed by atoms with Crippen molar-refractivity contribution in [3.63, 3.8) is 0 Å². The highest BCUT2D eigenvalue weighted by Gasteiger charge is 2.15. The molecule has 0 bridgehead atoms. The standard InChI is InChI=1S/C13H17NO3/c15-13(16)11-8-5-9-12(14-11)17-10-6-3-1-2-4-7-10/h5,8-10H,1-4,6-7H2,(H,15,16). The van der Waals surface area contributed by atoms with Gasteiger partial charge < -0.3 is 9.84 Å². The molecule has 1 heterocycles. The van der Waals surface area contributed by atoms with E-state index >= 15 is 0 Å². The molecule has 0 radical (unpaired) electrons. The van der Waals surface area contributed by atoms with Gasteiger partial charge in [-0.05, 0) is 31.7 Å². The van der Waals surface area contributed by atoms with E-state index < -0.39 is 5.97 Å². The minimum absolute atomic E-state index is 0.0381. The molecular formula is C13H17NO3. The third-order valence-electron chi connectivity index (χ3n) is 3.03. The molecule has 0 amide bonds. The molecule has 4 heteroatoms. The van der Waals surface area contributed by atoms with E-state index in [1.54, 1.807) is 12.1 Å². The summed E-state index contributed by atoms with van der Waals surface area (Å²) in [5.41, 5.74) is 0.0381. The lowest BCUT2D eigenvalue weighted by atomic mass is 10.1. The molecular weight excluding hydrogens is 218 g/mol. The number of carbonyl (C=O) groups is 1. The van der Waals surface area contributed by atoms with E-state index in [9.17, 15) is 4.79 Å². The molecule has 0 unspecified atom stereocenters. The molecule has 1 aromatic rings. The van der Waals surface area contributed by atoms with Gasteiger partial charge in [0, 0.05) is 6.07 Å². The van der Waals surface area contributed by atoms with Crippen LogP contribution in [0, 0.1) is 0 Å². The number of pyridine rings is 1. The molecule has 0 spiro atoms. The van der Waals surface area contributed by atoms with Gasteiger partial charge in [-0.1, -0.05) is 18.9 Å². The van der Waals surface area contributed by atoms with Crippen molar-refractivity contribution in [2.24, 2.45) is 0 Å². The minimum atomic E-state index is -1.02. The van der Waals surface area contributed by atoms with Crippen LogP contribution < -0.4 is 4.74 Å². The maximum absolute atomic E-state index is 10.8. The van der Waals surface area contributed by atoms with Crippen LogP contribution in [0.1, 0.15) is 49.0 Å². The first-order chi connectivity index (χ1) is 8.25. The average Bonchev–Trinajstić information content (AvgIpc) is 2.58. The van der Waals surface area contributed by atoms with E-state index in [2.05, 4.69) is 4.98 Å². The summed E-state index contributed by atoms with van der Waals surface area (Å²) in [4.78, 5) is 14.8. The van der Waals surface area contributed by atoms with Gasteiger partial charge in [0.1, 0.15) is 6.10 Å². The van der Waals surface area contributed by atoms with Crippen LogP contribution in [0.15, 0.2) is 18.2 Å². The zero-order valence-electron chi connectivity index (χ0n) is 9.76. The Morgan fingerprint density at radius 2 is 1.94 bits per heavy atom. The van der Waals surface area contributed by atoms with Gasteiger partial charge in [-0.15, -0.1) is 0 Å². The summed E-state index contributed by atoms with van der Waals surface area (Å²) >= 11 is 0. The van der Waals surface area contributed by atoms with Crippen LogP contribution in [0.5, 0.6) is 5.88 Å². The maximum atomic E-state index is 10.8. The highest BCUT2D eigenvalue weighted by Crippen LogP contribution is 2.21. The fraction of sp³-hybridized carbons (Fsp3) is 0.538. The van der Waals surface area contributed by atoms with Gasteiger partial charge in [-0.3, -0.25) is 0 Å². The van der Waals surface area contributed by atoms with Gasteiger partial charge in [0.25, 0.3) is 0 Å². The summed E-state index contributed by atoms with van der Waals surface area (Å²) in [6, 6.07) is 4.86. The Balaban J connectivity index is 2.01. The lowest BCUT2D eigenvalue weighted by Gasteiger charge is -2.16. The first-order valence-electron chi connectivity index (χ1n) is 6.13. The zero-order chi connectivity index (χ0) is 12.1. The van der Waals surface area contributed by atoms with Crippen LogP contribution in [0.25, 0.3) is 0 Å². The van der Waals surface area contributed by atoms with Crippen molar-refractivity contribution in [3.05, 3.63) is 23.9 Å². The highest BCUT2D eigenvalue weighted by molar-refractivity contribution is 5.85. The van der Waals surface area contributed by atoms with Crippen molar-refractivity contribution in [1.29, 1.82) is 0 Å². The van der Waals surface area contributed by atoms with E-state index in [0.29, 0.717) is 5.88 Å². The Morgan fingerprint density at radius 1 is 1.24 bits per heavy atom. The predicted octanol–water partition coefficient (Wildman–Crippen LogP) is 2.88. The average molecular weight is 235 g/mol.